The van der Waals surface area contributed by atoms with E-state index in [4.69, 9.17) is 9.84 Å². The van der Waals surface area contributed by atoms with Gasteiger partial charge >= 0.3 is 0 Å². The molecule has 0 unspecified atom stereocenters. The van der Waals surface area contributed by atoms with Crippen LogP contribution >= 0.6 is 0 Å². The summed E-state index contributed by atoms with van der Waals surface area (Å²) < 4.78 is 5.12. The molecule has 5 N–H and O–H groups in total. The van der Waals surface area contributed by atoms with Gasteiger partial charge < -0.3 is 30.3 Å². The van der Waals surface area contributed by atoms with Crippen molar-refractivity contribution in [3.8, 4) is 0 Å². The fourth-order valence-corrected chi connectivity index (χ4v) is 1.99. The Balaban J connectivity index is 2.37. The molecule has 0 aliphatic carbocycles. The molecule has 1 fully saturated rings. The predicted molar refractivity (Wildman–Crippen MR) is 59.2 cm³/mol. The number of hydrogen-bond donors (Lipinski definition) is 5. The average Bonchev–Trinajstić information content (AvgIpc) is 2.41. The van der Waals surface area contributed by atoms with Crippen molar-refractivity contribution >= 4 is 0 Å². The van der Waals surface area contributed by atoms with E-state index in [-0.39, 0.29) is 5.56 Å². The topological polar surface area (TPSA) is 110 Å². The van der Waals surface area contributed by atoms with Crippen LogP contribution in [0.15, 0.2) is 24.3 Å². The molecule has 5 atom stereocenters. The maximum atomic E-state index is 10.3. The molecule has 6 heteroatoms. The first kappa shape index (κ1) is 13.4. The Hall–Kier alpha value is -1.02. The molecule has 0 amide bonds. The molecular weight excluding hydrogens is 240 g/mol. The van der Waals surface area contributed by atoms with Gasteiger partial charge in [0.2, 0.25) is 5.79 Å². The summed E-state index contributed by atoms with van der Waals surface area (Å²) in [6, 6.07) is 8.91. The summed E-state index contributed by atoms with van der Waals surface area (Å²) in [6.45, 7) is -0.597. The molecule has 1 aromatic rings. The second-order valence-electron chi connectivity index (χ2n) is 4.24. The van der Waals surface area contributed by atoms with Crippen LogP contribution in [0.3, 0.4) is 0 Å². The molecular formula is C12H15O6. The van der Waals surface area contributed by atoms with Gasteiger partial charge in [0.25, 0.3) is 0 Å². The number of hydrogen-bond acceptors (Lipinski definition) is 6. The normalized spacial score (nSPS) is 40.7. The molecule has 1 saturated heterocycles. The van der Waals surface area contributed by atoms with Crippen molar-refractivity contribution in [3.63, 3.8) is 0 Å². The van der Waals surface area contributed by atoms with Crippen LogP contribution in [0.1, 0.15) is 5.56 Å². The summed E-state index contributed by atoms with van der Waals surface area (Å²) in [5, 5.41) is 48.5. The third kappa shape index (κ3) is 2.03. The van der Waals surface area contributed by atoms with Crippen LogP contribution < -0.4 is 0 Å². The van der Waals surface area contributed by atoms with Crippen molar-refractivity contribution in [2.24, 2.45) is 0 Å². The van der Waals surface area contributed by atoms with Gasteiger partial charge in [-0.05, 0) is 6.07 Å². The van der Waals surface area contributed by atoms with Crippen molar-refractivity contribution in [1.29, 1.82) is 0 Å². The smallest absolute Gasteiger partial charge is 0.223 e. The van der Waals surface area contributed by atoms with Crippen molar-refractivity contribution in [2.45, 2.75) is 30.2 Å². The Bertz CT molecular complexity index is 395. The minimum Gasteiger partial charge on any atom is -0.394 e. The highest BCUT2D eigenvalue weighted by Crippen LogP contribution is 2.35. The molecule has 6 nitrogen and oxygen atoms in total. The van der Waals surface area contributed by atoms with Gasteiger partial charge in [0.15, 0.2) is 0 Å². The first-order valence-electron chi connectivity index (χ1n) is 5.53. The standard InChI is InChI=1S/C12H15O6/c13-6-8-9(14)10(15)11(16)12(17,18-8)7-4-2-1-3-5-7/h1-4,8-11,13-17H,6H2/t8-,9-,10-,11-,12-/m1/s1. The molecule has 0 spiro atoms. The Morgan fingerprint density at radius 2 is 1.94 bits per heavy atom. The van der Waals surface area contributed by atoms with E-state index in [0.717, 1.165) is 0 Å². The van der Waals surface area contributed by atoms with Crippen LogP contribution in [0.25, 0.3) is 0 Å². The second kappa shape index (κ2) is 4.93. The summed E-state index contributed by atoms with van der Waals surface area (Å²) in [7, 11) is 0. The number of rotatable bonds is 2. The molecule has 1 heterocycles. The summed E-state index contributed by atoms with van der Waals surface area (Å²) in [4.78, 5) is 0. The maximum Gasteiger partial charge on any atom is 0.223 e. The molecule has 1 aliphatic rings. The minimum atomic E-state index is -2.21. The monoisotopic (exact) mass is 255 g/mol. The summed E-state index contributed by atoms with van der Waals surface area (Å²) in [6.07, 6.45) is -6.04. The minimum absolute atomic E-state index is 0.113. The third-order valence-electron chi connectivity index (χ3n) is 3.06. The first-order valence-corrected chi connectivity index (χ1v) is 5.53. The van der Waals surface area contributed by atoms with Crippen LogP contribution in [0, 0.1) is 6.07 Å². The summed E-state index contributed by atoms with van der Waals surface area (Å²) in [5.74, 6) is -2.21. The van der Waals surface area contributed by atoms with Crippen LogP contribution in [0.2, 0.25) is 0 Å². The van der Waals surface area contributed by atoms with Crippen molar-refractivity contribution in [1.82, 2.24) is 0 Å². The van der Waals surface area contributed by atoms with Crippen molar-refractivity contribution in [3.05, 3.63) is 35.9 Å². The molecule has 1 aromatic carbocycles. The lowest BCUT2D eigenvalue weighted by Crippen LogP contribution is -2.63. The Morgan fingerprint density at radius 1 is 1.22 bits per heavy atom. The van der Waals surface area contributed by atoms with Gasteiger partial charge in [-0.15, -0.1) is 0 Å². The zero-order valence-corrected chi connectivity index (χ0v) is 9.47. The number of aliphatic hydroxyl groups excluding tert-OH is 4. The Labute approximate surface area is 104 Å². The highest BCUT2D eigenvalue weighted by atomic mass is 16.7. The van der Waals surface area contributed by atoms with Gasteiger partial charge in [0.1, 0.15) is 24.4 Å². The molecule has 0 bridgehead atoms. The van der Waals surface area contributed by atoms with Crippen molar-refractivity contribution < 1.29 is 30.3 Å². The molecule has 1 aliphatic heterocycles. The van der Waals surface area contributed by atoms with Crippen LogP contribution in [0.4, 0.5) is 0 Å². The number of aliphatic hydroxyl groups is 5. The Kier molecular flexibility index (Phi) is 3.67. The van der Waals surface area contributed by atoms with Crippen LogP contribution in [-0.2, 0) is 10.5 Å². The molecule has 0 saturated carbocycles. The maximum absolute atomic E-state index is 10.3. The van der Waals surface area contributed by atoms with E-state index in [1.54, 1.807) is 12.1 Å². The van der Waals surface area contributed by atoms with Gasteiger partial charge in [-0.25, -0.2) is 0 Å². The predicted octanol–water partition coefficient (Wildman–Crippen LogP) is -1.89. The summed E-state index contributed by atoms with van der Waals surface area (Å²) >= 11 is 0. The lowest BCUT2D eigenvalue weighted by atomic mass is 9.88. The fourth-order valence-electron chi connectivity index (χ4n) is 1.99. The largest absolute Gasteiger partial charge is 0.394 e. The van der Waals surface area contributed by atoms with E-state index in [1.807, 2.05) is 0 Å². The van der Waals surface area contributed by atoms with E-state index < -0.39 is 36.8 Å². The molecule has 2 rings (SSSR count). The first-order chi connectivity index (χ1) is 8.50. The zero-order chi connectivity index (χ0) is 13.3. The highest BCUT2D eigenvalue weighted by molar-refractivity contribution is 5.22. The highest BCUT2D eigenvalue weighted by Gasteiger charge is 2.53. The van der Waals surface area contributed by atoms with E-state index in [2.05, 4.69) is 6.07 Å². The van der Waals surface area contributed by atoms with E-state index in [9.17, 15) is 20.4 Å². The van der Waals surface area contributed by atoms with Gasteiger partial charge in [0, 0.05) is 5.56 Å². The van der Waals surface area contributed by atoms with E-state index in [1.165, 1.54) is 12.1 Å². The third-order valence-corrected chi connectivity index (χ3v) is 3.06. The van der Waals surface area contributed by atoms with Gasteiger partial charge in [0.05, 0.1) is 6.61 Å². The lowest BCUT2D eigenvalue weighted by molar-refractivity contribution is -0.357. The van der Waals surface area contributed by atoms with Gasteiger partial charge in [-0.1, -0.05) is 24.3 Å². The second-order valence-corrected chi connectivity index (χ2v) is 4.24. The van der Waals surface area contributed by atoms with Gasteiger partial charge in [-0.2, -0.15) is 0 Å². The van der Waals surface area contributed by atoms with E-state index >= 15 is 0 Å². The van der Waals surface area contributed by atoms with Gasteiger partial charge in [-0.3, -0.25) is 0 Å². The molecule has 0 aromatic heterocycles. The van der Waals surface area contributed by atoms with Crippen LogP contribution in [-0.4, -0.2) is 56.6 Å². The molecule has 1 radical (unpaired) electrons. The Morgan fingerprint density at radius 3 is 2.50 bits per heavy atom. The lowest BCUT2D eigenvalue weighted by Gasteiger charge is -2.45. The average molecular weight is 255 g/mol. The molecule has 18 heavy (non-hydrogen) atoms. The van der Waals surface area contributed by atoms with Crippen LogP contribution in [0.5, 0.6) is 0 Å². The fraction of sp³-hybridized carbons (Fsp3) is 0.500. The summed E-state index contributed by atoms with van der Waals surface area (Å²) in [5.41, 5.74) is 0.113. The molecule has 99 valence electrons. The number of ether oxygens (including phenoxy) is 1. The quantitative estimate of drug-likeness (QED) is 0.422. The van der Waals surface area contributed by atoms with Crippen molar-refractivity contribution in [2.75, 3.05) is 6.61 Å². The number of benzene rings is 1. The zero-order valence-electron chi connectivity index (χ0n) is 9.47. The van der Waals surface area contributed by atoms with E-state index in [0.29, 0.717) is 0 Å². The SMILES string of the molecule is OC[C@H]1O[C@](O)(c2[c]cccc2)[C@H](O)[C@H](O)[C@@H]1O.